The van der Waals surface area contributed by atoms with Gasteiger partial charge in [-0.3, -0.25) is 4.79 Å². The van der Waals surface area contributed by atoms with E-state index in [1.807, 2.05) is 6.07 Å². The quantitative estimate of drug-likeness (QED) is 0.532. The number of aromatic nitrogens is 1. The fourth-order valence-corrected chi connectivity index (χ4v) is 4.62. The number of H-pyrrole nitrogens is 1. The number of hydrogen-bond donors (Lipinski definition) is 3. The molecule has 28 heavy (non-hydrogen) atoms. The highest BCUT2D eigenvalue weighted by Crippen LogP contribution is 2.44. The third-order valence-electron chi connectivity index (χ3n) is 6.20. The zero-order valence-electron chi connectivity index (χ0n) is 16.9. The number of carbonyl (C=O) groups is 1. The van der Waals surface area contributed by atoms with Crippen molar-refractivity contribution in [3.8, 4) is 0 Å². The maximum Gasteiger partial charge on any atom is 0.243 e. The van der Waals surface area contributed by atoms with Gasteiger partial charge in [-0.2, -0.15) is 0 Å². The van der Waals surface area contributed by atoms with Gasteiger partial charge in [0.25, 0.3) is 0 Å². The average molecular weight is 382 g/mol. The van der Waals surface area contributed by atoms with Gasteiger partial charge in [-0.05, 0) is 48.6 Å². The number of amides is 1. The van der Waals surface area contributed by atoms with Gasteiger partial charge in [-0.15, -0.1) is 0 Å². The van der Waals surface area contributed by atoms with Gasteiger partial charge in [0.1, 0.15) is 6.54 Å². The molecule has 0 radical (unpaired) electrons. The zero-order chi connectivity index (χ0) is 19.5. The second-order valence-corrected chi connectivity index (χ2v) is 8.44. The highest BCUT2D eigenvalue weighted by Gasteiger charge is 2.39. The van der Waals surface area contributed by atoms with Crippen LogP contribution in [0.15, 0.2) is 35.3 Å². The number of para-hydroxylation sites is 1. The number of nitrogens with one attached hydrogen (secondary N) is 3. The molecule has 1 heterocycles. The Bertz CT molecular complexity index is 822. The fourth-order valence-electron chi connectivity index (χ4n) is 4.62. The maximum atomic E-state index is 12.0. The minimum Gasteiger partial charge on any atom is -0.358 e. The Morgan fingerprint density at radius 1 is 1.25 bits per heavy atom. The van der Waals surface area contributed by atoms with Gasteiger partial charge in [-0.1, -0.05) is 24.6 Å². The van der Waals surface area contributed by atoms with Crippen molar-refractivity contribution in [1.29, 1.82) is 0 Å². The highest BCUT2D eigenvalue weighted by atomic mass is 16.2. The van der Waals surface area contributed by atoms with E-state index in [0.29, 0.717) is 6.04 Å². The number of fused-ring (bicyclic) bond motifs is 3. The SMILES string of the molecule is CN(C)C(=O)CN=C(NCCc1cc2ccccc2[nH]1)NC1CC2CCC1C2. The normalized spacial score (nSPS) is 23.9. The molecule has 2 bridgehead atoms. The van der Waals surface area contributed by atoms with Crippen LogP contribution >= 0.6 is 0 Å². The summed E-state index contributed by atoms with van der Waals surface area (Å²) in [6, 6.07) is 11.0. The summed E-state index contributed by atoms with van der Waals surface area (Å²) in [5, 5.41) is 8.29. The number of likely N-dealkylation sites (N-methyl/N-ethyl adjacent to an activating group) is 1. The first-order valence-electron chi connectivity index (χ1n) is 10.4. The van der Waals surface area contributed by atoms with Crippen LogP contribution in [0.25, 0.3) is 10.9 Å². The summed E-state index contributed by atoms with van der Waals surface area (Å²) in [6.45, 7) is 0.950. The molecule has 2 fully saturated rings. The predicted octanol–water partition coefficient (Wildman–Crippen LogP) is 2.52. The van der Waals surface area contributed by atoms with Crippen LogP contribution in [0.5, 0.6) is 0 Å². The lowest BCUT2D eigenvalue weighted by molar-refractivity contribution is -0.127. The molecule has 150 valence electrons. The van der Waals surface area contributed by atoms with Crippen LogP contribution in [0.2, 0.25) is 0 Å². The number of rotatable bonds is 6. The molecule has 2 saturated carbocycles. The Balaban J connectivity index is 1.36. The molecule has 2 aromatic rings. The van der Waals surface area contributed by atoms with Crippen molar-refractivity contribution in [3.63, 3.8) is 0 Å². The fraction of sp³-hybridized carbons (Fsp3) is 0.545. The Morgan fingerprint density at radius 2 is 2.11 bits per heavy atom. The molecule has 2 aliphatic carbocycles. The second kappa shape index (κ2) is 8.25. The van der Waals surface area contributed by atoms with Crippen LogP contribution in [0.3, 0.4) is 0 Å². The average Bonchev–Trinajstić information content (AvgIpc) is 3.40. The van der Waals surface area contributed by atoms with E-state index in [1.165, 1.54) is 42.3 Å². The van der Waals surface area contributed by atoms with Crippen LogP contribution in [0, 0.1) is 11.8 Å². The van der Waals surface area contributed by atoms with Crippen LogP contribution in [0.1, 0.15) is 31.4 Å². The largest absolute Gasteiger partial charge is 0.358 e. The first-order valence-corrected chi connectivity index (χ1v) is 10.4. The van der Waals surface area contributed by atoms with Crippen molar-refractivity contribution < 1.29 is 4.79 Å². The second-order valence-electron chi connectivity index (χ2n) is 8.44. The van der Waals surface area contributed by atoms with Gasteiger partial charge < -0.3 is 20.5 Å². The van der Waals surface area contributed by atoms with Crippen molar-refractivity contribution in [2.24, 2.45) is 16.8 Å². The van der Waals surface area contributed by atoms with Crippen molar-refractivity contribution in [2.45, 2.75) is 38.1 Å². The molecular weight excluding hydrogens is 350 g/mol. The summed E-state index contributed by atoms with van der Waals surface area (Å²) in [4.78, 5) is 21.6. The molecular formula is C22H31N5O. The maximum absolute atomic E-state index is 12.0. The number of aliphatic imine (C=N–C) groups is 1. The third kappa shape index (κ3) is 4.32. The molecule has 0 saturated heterocycles. The summed E-state index contributed by atoms with van der Waals surface area (Å²) in [6.07, 6.45) is 6.16. The number of hydrogen-bond acceptors (Lipinski definition) is 2. The molecule has 0 aliphatic heterocycles. The van der Waals surface area contributed by atoms with Crippen molar-refractivity contribution in [2.75, 3.05) is 27.2 Å². The molecule has 1 amide bonds. The van der Waals surface area contributed by atoms with E-state index in [-0.39, 0.29) is 12.5 Å². The number of benzene rings is 1. The van der Waals surface area contributed by atoms with Gasteiger partial charge in [0, 0.05) is 44.3 Å². The van der Waals surface area contributed by atoms with Crippen LogP contribution in [0.4, 0.5) is 0 Å². The number of nitrogens with zero attached hydrogens (tertiary/aromatic N) is 2. The van der Waals surface area contributed by atoms with Crippen molar-refractivity contribution >= 4 is 22.8 Å². The van der Waals surface area contributed by atoms with Gasteiger partial charge >= 0.3 is 0 Å². The molecule has 6 heteroatoms. The summed E-state index contributed by atoms with van der Waals surface area (Å²) >= 11 is 0. The topological polar surface area (TPSA) is 72.5 Å². The summed E-state index contributed by atoms with van der Waals surface area (Å²) in [7, 11) is 3.54. The van der Waals surface area contributed by atoms with Crippen molar-refractivity contribution in [1.82, 2.24) is 20.5 Å². The predicted molar refractivity (Wildman–Crippen MR) is 113 cm³/mol. The molecule has 1 aromatic heterocycles. The van der Waals surface area contributed by atoms with E-state index in [4.69, 9.17) is 0 Å². The van der Waals surface area contributed by atoms with Crippen LogP contribution < -0.4 is 10.6 Å². The molecule has 4 rings (SSSR count). The third-order valence-corrected chi connectivity index (χ3v) is 6.20. The van der Waals surface area contributed by atoms with E-state index in [0.717, 1.165) is 30.8 Å². The van der Waals surface area contributed by atoms with E-state index < -0.39 is 0 Å². The summed E-state index contributed by atoms with van der Waals surface area (Å²) in [5.74, 6) is 2.42. The monoisotopic (exact) mass is 381 g/mol. The number of carbonyl (C=O) groups excluding carboxylic acids is 1. The van der Waals surface area contributed by atoms with Gasteiger partial charge in [0.05, 0.1) is 0 Å². The minimum absolute atomic E-state index is 0.0182. The molecule has 6 nitrogen and oxygen atoms in total. The van der Waals surface area contributed by atoms with E-state index in [9.17, 15) is 4.79 Å². The Hall–Kier alpha value is -2.50. The summed E-state index contributed by atoms with van der Waals surface area (Å²) in [5.41, 5.74) is 2.38. The number of aromatic amines is 1. The van der Waals surface area contributed by atoms with E-state index in [2.05, 4.69) is 44.9 Å². The van der Waals surface area contributed by atoms with Gasteiger partial charge in [0.15, 0.2) is 5.96 Å². The molecule has 2 aliphatic rings. The molecule has 3 N–H and O–H groups in total. The first kappa shape index (κ1) is 18.8. The van der Waals surface area contributed by atoms with Gasteiger partial charge in [-0.25, -0.2) is 4.99 Å². The lowest BCUT2D eigenvalue weighted by Gasteiger charge is -2.25. The standard InChI is InChI=1S/C22H31N5O/c1-27(2)21(28)14-24-22(26-20-12-15-7-8-17(20)11-15)23-10-9-18-13-16-5-3-4-6-19(16)25-18/h3-6,13,15,17,20,25H,7-12,14H2,1-2H3,(H2,23,24,26). The molecule has 3 unspecified atom stereocenters. The Kier molecular flexibility index (Phi) is 5.55. The molecule has 1 aromatic carbocycles. The number of guanidine groups is 1. The van der Waals surface area contributed by atoms with Crippen LogP contribution in [-0.4, -0.2) is 55.0 Å². The van der Waals surface area contributed by atoms with E-state index in [1.54, 1.807) is 19.0 Å². The highest BCUT2D eigenvalue weighted by molar-refractivity contribution is 5.85. The summed E-state index contributed by atoms with van der Waals surface area (Å²) < 4.78 is 0. The smallest absolute Gasteiger partial charge is 0.243 e. The zero-order valence-corrected chi connectivity index (χ0v) is 16.9. The molecule has 3 atom stereocenters. The first-order chi connectivity index (χ1) is 13.6. The van der Waals surface area contributed by atoms with Gasteiger partial charge in [0.2, 0.25) is 5.91 Å². The van der Waals surface area contributed by atoms with E-state index >= 15 is 0 Å². The Morgan fingerprint density at radius 3 is 2.82 bits per heavy atom. The Labute approximate surface area is 166 Å². The lowest BCUT2D eigenvalue weighted by Crippen LogP contribution is -2.46. The van der Waals surface area contributed by atoms with Crippen molar-refractivity contribution in [3.05, 3.63) is 36.0 Å². The minimum atomic E-state index is 0.0182. The molecule has 0 spiro atoms. The lowest BCUT2D eigenvalue weighted by atomic mass is 9.95. The van der Waals surface area contributed by atoms with Crippen LogP contribution in [-0.2, 0) is 11.2 Å².